The summed E-state index contributed by atoms with van der Waals surface area (Å²) < 4.78 is 33.5. The van der Waals surface area contributed by atoms with E-state index in [-0.39, 0.29) is 83.6 Å². The number of rotatable bonds is 33. The van der Waals surface area contributed by atoms with Gasteiger partial charge in [-0.1, -0.05) is 156 Å². The van der Waals surface area contributed by atoms with Gasteiger partial charge >= 0.3 is 6.09 Å². The lowest BCUT2D eigenvalue weighted by atomic mass is 9.55. The zero-order valence-corrected chi connectivity index (χ0v) is 43.4. The van der Waals surface area contributed by atoms with Gasteiger partial charge in [0, 0.05) is 37.7 Å². The SMILES string of the molecule is C=CCOC12Oc3ccc(Oc4ccc5ccccc5c4)cc3C3C(CCCCO)C(CCCCO)C=C(C(=NOCc4ccccc4)CC1N(CCOCCO)C(=O)OCCCCCCCCCCCC)C32. The molecule has 12 heteroatoms. The number of aliphatic hydroxyl groups excluding tert-OH is 3. The van der Waals surface area contributed by atoms with Crippen molar-refractivity contribution in [2.24, 2.45) is 22.9 Å². The van der Waals surface area contributed by atoms with Crippen molar-refractivity contribution in [3.05, 3.63) is 126 Å². The predicted octanol–water partition coefficient (Wildman–Crippen LogP) is 12.8. The van der Waals surface area contributed by atoms with Crippen molar-refractivity contribution in [3.8, 4) is 17.2 Å². The molecule has 2 aliphatic carbocycles. The summed E-state index contributed by atoms with van der Waals surface area (Å²) >= 11 is 0. The van der Waals surface area contributed by atoms with Gasteiger partial charge in [0.1, 0.15) is 29.9 Å². The van der Waals surface area contributed by atoms with E-state index in [0.717, 1.165) is 72.4 Å². The molecule has 0 bridgehead atoms. The fraction of sp³-hybridized carbons (Fsp3) is 0.541. The zero-order chi connectivity index (χ0) is 51.1. The molecule has 3 N–H and O–H groups in total. The third-order valence-corrected chi connectivity index (χ3v) is 14.9. The lowest BCUT2D eigenvalue weighted by molar-refractivity contribution is -0.256. The van der Waals surface area contributed by atoms with Crippen molar-refractivity contribution in [3.63, 3.8) is 0 Å². The fourth-order valence-electron chi connectivity index (χ4n) is 11.4. The Morgan fingerprint density at radius 2 is 1.47 bits per heavy atom. The van der Waals surface area contributed by atoms with Crippen LogP contribution in [0.2, 0.25) is 0 Å². The number of aliphatic hydroxyl groups is 3. The molecule has 4 aromatic carbocycles. The zero-order valence-electron chi connectivity index (χ0n) is 43.4. The van der Waals surface area contributed by atoms with Crippen molar-refractivity contribution in [1.82, 2.24) is 4.90 Å². The molecular weight excluding hydrogens is 921 g/mol. The van der Waals surface area contributed by atoms with E-state index >= 15 is 0 Å². The van der Waals surface area contributed by atoms with Crippen LogP contribution < -0.4 is 9.47 Å². The van der Waals surface area contributed by atoms with Crippen LogP contribution in [0.3, 0.4) is 0 Å². The molecule has 1 aliphatic heterocycles. The van der Waals surface area contributed by atoms with E-state index in [1.54, 1.807) is 11.0 Å². The van der Waals surface area contributed by atoms with Crippen LogP contribution in [0.25, 0.3) is 10.8 Å². The van der Waals surface area contributed by atoms with Crippen LogP contribution in [0.15, 0.2) is 120 Å². The maximum absolute atomic E-state index is 14.9. The number of carbonyl (C=O) groups is 1. The first-order valence-corrected chi connectivity index (χ1v) is 27.5. The summed E-state index contributed by atoms with van der Waals surface area (Å²) in [5, 5.41) is 37.1. The Labute approximate surface area is 434 Å². The predicted molar refractivity (Wildman–Crippen MR) is 288 cm³/mol. The monoisotopic (exact) mass is 1000 g/mol. The number of fused-ring (bicyclic) bond motifs is 3. The number of hydrogen-bond acceptors (Lipinski definition) is 11. The highest BCUT2D eigenvalue weighted by molar-refractivity contribution is 6.03. The Morgan fingerprint density at radius 3 is 2.21 bits per heavy atom. The molecule has 0 aromatic heterocycles. The van der Waals surface area contributed by atoms with Crippen molar-refractivity contribution in [2.45, 2.75) is 140 Å². The Bertz CT molecular complexity index is 2360. The van der Waals surface area contributed by atoms with E-state index in [2.05, 4.69) is 43.8 Å². The summed E-state index contributed by atoms with van der Waals surface area (Å²) in [6, 6.07) is 29.4. The molecule has 0 saturated heterocycles. The smallest absolute Gasteiger partial charge is 0.410 e. The number of nitrogens with zero attached hydrogens (tertiary/aromatic N) is 2. The molecule has 7 rings (SSSR count). The summed E-state index contributed by atoms with van der Waals surface area (Å²) in [6.45, 7) is 7.38. The second kappa shape index (κ2) is 29.6. The second-order valence-corrected chi connectivity index (χ2v) is 20.0. The lowest BCUT2D eigenvalue weighted by Gasteiger charge is -2.59. The van der Waals surface area contributed by atoms with Gasteiger partial charge in [-0.15, -0.1) is 6.58 Å². The van der Waals surface area contributed by atoms with E-state index in [4.69, 9.17) is 33.7 Å². The number of unbranched alkanes of at least 4 members (excludes halogenated alkanes) is 11. The van der Waals surface area contributed by atoms with Gasteiger partial charge in [-0.25, -0.2) is 4.79 Å². The summed E-state index contributed by atoms with van der Waals surface area (Å²) in [4.78, 5) is 22.9. The third kappa shape index (κ3) is 15.0. The number of oxime groups is 1. The van der Waals surface area contributed by atoms with Crippen LogP contribution in [-0.2, 0) is 25.7 Å². The summed E-state index contributed by atoms with van der Waals surface area (Å²) in [7, 11) is 0. The number of amides is 1. The molecule has 73 heavy (non-hydrogen) atoms. The largest absolute Gasteiger partial charge is 0.459 e. The van der Waals surface area contributed by atoms with Crippen LogP contribution in [0.4, 0.5) is 4.79 Å². The van der Waals surface area contributed by atoms with Crippen molar-refractivity contribution in [1.29, 1.82) is 0 Å². The van der Waals surface area contributed by atoms with Gasteiger partial charge in [-0.3, -0.25) is 4.90 Å². The standard InChI is InChI=1S/C61H82N2O10/c1-3-5-6-7-8-9-10-11-12-22-38-69-60(67)63(33-39-68-40-36-66)57-44-55(62-71-45-46-23-14-13-15-24-46)53-42-49(27-18-20-34-64)52(28-19-21-35-65)58-54-43-51(72-50-30-29-47-25-16-17-26-48(47)41-50)31-32-56(54)73-61(57,59(53)58)70-37-4-2/h4,13-17,23-26,29-32,41-43,49,52,57-59,64-66H,2-3,5-12,18-22,27-28,33-40,44-45H2,1H3. The molecule has 1 fully saturated rings. The van der Waals surface area contributed by atoms with Crippen molar-refractivity contribution in [2.75, 3.05) is 52.8 Å². The summed E-state index contributed by atoms with van der Waals surface area (Å²) in [5.74, 6) is -0.165. The Morgan fingerprint density at radius 1 is 0.767 bits per heavy atom. The van der Waals surface area contributed by atoms with Gasteiger partial charge in [0.05, 0.1) is 44.7 Å². The number of hydrogen-bond donors (Lipinski definition) is 3. The first kappa shape index (κ1) is 55.5. The molecule has 1 heterocycles. The highest BCUT2D eigenvalue weighted by atomic mass is 16.7. The van der Waals surface area contributed by atoms with Crippen LogP contribution in [0.5, 0.6) is 17.2 Å². The van der Waals surface area contributed by atoms with Crippen LogP contribution in [0.1, 0.15) is 133 Å². The molecule has 6 atom stereocenters. The summed E-state index contributed by atoms with van der Waals surface area (Å²) in [6.07, 6.45) is 19.9. The molecular formula is C61H82N2O10. The molecule has 4 aromatic rings. The average Bonchev–Trinajstić information content (AvgIpc) is 3.41. The fourth-order valence-corrected chi connectivity index (χ4v) is 11.4. The van der Waals surface area contributed by atoms with Gasteiger partial charge in [-0.2, -0.15) is 0 Å². The molecule has 0 spiro atoms. The second-order valence-electron chi connectivity index (χ2n) is 20.0. The lowest BCUT2D eigenvalue weighted by Crippen LogP contribution is -2.70. The maximum Gasteiger partial charge on any atom is 0.410 e. The molecule has 0 radical (unpaired) electrons. The molecule has 1 amide bonds. The first-order chi connectivity index (χ1) is 35.9. The third-order valence-electron chi connectivity index (χ3n) is 14.9. The van der Waals surface area contributed by atoms with Gasteiger partial charge in [0.15, 0.2) is 0 Å². The molecule has 3 aliphatic rings. The van der Waals surface area contributed by atoms with E-state index in [1.807, 2.05) is 66.7 Å². The van der Waals surface area contributed by atoms with E-state index in [9.17, 15) is 20.1 Å². The molecule has 6 unspecified atom stereocenters. The topological polar surface area (TPSA) is 149 Å². The number of carbonyl (C=O) groups excluding carboxylic acids is 1. The Kier molecular flexibility index (Phi) is 22.5. The maximum atomic E-state index is 14.9. The normalized spacial score (nSPS) is 21.5. The number of benzene rings is 4. The van der Waals surface area contributed by atoms with Gasteiger partial charge in [0.25, 0.3) is 0 Å². The molecule has 12 nitrogen and oxygen atoms in total. The number of allylic oxidation sites excluding steroid dienone is 1. The first-order valence-electron chi connectivity index (χ1n) is 27.5. The minimum absolute atomic E-state index is 0.0270. The number of ether oxygens (including phenoxy) is 5. The van der Waals surface area contributed by atoms with E-state index in [1.165, 1.54) is 44.9 Å². The van der Waals surface area contributed by atoms with Crippen LogP contribution in [0, 0.1) is 17.8 Å². The Hall–Kier alpha value is -5.24. The molecule has 1 saturated carbocycles. The van der Waals surface area contributed by atoms with Gasteiger partial charge in [-0.05, 0) is 96.2 Å². The van der Waals surface area contributed by atoms with E-state index in [0.29, 0.717) is 35.8 Å². The minimum Gasteiger partial charge on any atom is -0.459 e. The Balaban J connectivity index is 1.31. The van der Waals surface area contributed by atoms with Gasteiger partial charge < -0.3 is 43.8 Å². The highest BCUT2D eigenvalue weighted by Gasteiger charge is 2.65. The molecule has 396 valence electrons. The average molecular weight is 1000 g/mol. The van der Waals surface area contributed by atoms with Crippen molar-refractivity contribution < 1.29 is 48.6 Å². The van der Waals surface area contributed by atoms with Crippen LogP contribution in [-0.4, -0.2) is 96.6 Å². The van der Waals surface area contributed by atoms with E-state index < -0.39 is 23.8 Å². The van der Waals surface area contributed by atoms with Gasteiger partial charge in [0.2, 0.25) is 5.79 Å². The highest BCUT2D eigenvalue weighted by Crippen LogP contribution is 2.62. The minimum atomic E-state index is -1.48. The van der Waals surface area contributed by atoms with Crippen molar-refractivity contribution >= 4 is 22.6 Å². The summed E-state index contributed by atoms with van der Waals surface area (Å²) in [5.41, 5.74) is 3.55. The van der Waals surface area contributed by atoms with Crippen LogP contribution >= 0.6 is 0 Å². The quantitative estimate of drug-likeness (QED) is 0.0239.